The number of nitrogens with zero attached hydrogens (tertiary/aromatic N) is 1. The molecule has 3 aromatic rings. The van der Waals surface area contributed by atoms with E-state index in [0.29, 0.717) is 12.1 Å². The third-order valence-electron chi connectivity index (χ3n) is 4.89. The Kier molecular flexibility index (Phi) is 7.03. The van der Waals surface area contributed by atoms with Gasteiger partial charge in [-0.05, 0) is 48.7 Å². The molecule has 0 aliphatic rings. The Morgan fingerprint density at radius 2 is 1.50 bits per heavy atom. The van der Waals surface area contributed by atoms with Crippen LogP contribution in [-0.2, 0) is 23.0 Å². The first-order valence-corrected chi connectivity index (χ1v) is 11.2. The summed E-state index contributed by atoms with van der Waals surface area (Å²) >= 11 is 0. The average molecular weight is 423 g/mol. The lowest BCUT2D eigenvalue weighted by Crippen LogP contribution is -2.27. The van der Waals surface area contributed by atoms with Gasteiger partial charge in [-0.3, -0.25) is 4.79 Å². The van der Waals surface area contributed by atoms with Crippen molar-refractivity contribution in [2.75, 3.05) is 13.6 Å². The number of hydrogen-bond acceptors (Lipinski definition) is 3. The Bertz CT molecular complexity index is 1080. The van der Waals surface area contributed by atoms with Crippen LogP contribution in [0.5, 0.6) is 0 Å². The van der Waals surface area contributed by atoms with Crippen LogP contribution >= 0.6 is 0 Å². The van der Waals surface area contributed by atoms with Crippen LogP contribution in [0.3, 0.4) is 0 Å². The molecule has 0 heterocycles. The molecule has 1 amide bonds. The SMILES string of the molecule is Cc1ccc(S(=O)(=O)N(C)Cc2ccc(C(=O)NCCc3ccccc3)cc2)cc1. The Balaban J connectivity index is 1.57. The minimum Gasteiger partial charge on any atom is -0.352 e. The molecular weight excluding hydrogens is 396 g/mol. The Morgan fingerprint density at radius 3 is 2.13 bits per heavy atom. The molecule has 5 nitrogen and oxygen atoms in total. The van der Waals surface area contributed by atoms with E-state index in [9.17, 15) is 13.2 Å². The summed E-state index contributed by atoms with van der Waals surface area (Å²) in [5, 5.41) is 2.91. The molecule has 0 unspecified atom stereocenters. The van der Waals surface area contributed by atoms with Gasteiger partial charge in [0.2, 0.25) is 10.0 Å². The Labute approximate surface area is 178 Å². The maximum absolute atomic E-state index is 12.7. The van der Waals surface area contributed by atoms with E-state index < -0.39 is 10.0 Å². The molecule has 0 spiro atoms. The second-order valence-corrected chi connectivity index (χ2v) is 9.31. The zero-order chi connectivity index (χ0) is 21.6. The van der Waals surface area contributed by atoms with Crippen molar-refractivity contribution < 1.29 is 13.2 Å². The van der Waals surface area contributed by atoms with Crippen LogP contribution in [0.4, 0.5) is 0 Å². The standard InChI is InChI=1S/C24H26N2O3S/c1-19-8-14-23(15-9-19)30(28,29)26(2)18-21-10-12-22(13-11-21)24(27)25-17-16-20-6-4-3-5-7-20/h3-15H,16-18H2,1-2H3,(H,25,27). The number of hydrogen-bond donors (Lipinski definition) is 1. The minimum absolute atomic E-state index is 0.141. The van der Waals surface area contributed by atoms with Crippen molar-refractivity contribution in [2.24, 2.45) is 0 Å². The number of carbonyl (C=O) groups excluding carboxylic acids is 1. The van der Waals surface area contributed by atoms with E-state index >= 15 is 0 Å². The first kappa shape index (κ1) is 21.7. The maximum atomic E-state index is 12.7. The fourth-order valence-electron chi connectivity index (χ4n) is 3.06. The topological polar surface area (TPSA) is 66.5 Å². The second-order valence-electron chi connectivity index (χ2n) is 7.26. The largest absolute Gasteiger partial charge is 0.352 e. The average Bonchev–Trinajstić information content (AvgIpc) is 2.75. The van der Waals surface area contributed by atoms with Crippen molar-refractivity contribution in [2.45, 2.75) is 24.8 Å². The van der Waals surface area contributed by atoms with Gasteiger partial charge in [-0.2, -0.15) is 4.31 Å². The highest BCUT2D eigenvalue weighted by Crippen LogP contribution is 2.17. The van der Waals surface area contributed by atoms with Gasteiger partial charge >= 0.3 is 0 Å². The van der Waals surface area contributed by atoms with E-state index in [1.165, 1.54) is 9.87 Å². The highest BCUT2D eigenvalue weighted by molar-refractivity contribution is 7.89. The lowest BCUT2D eigenvalue weighted by molar-refractivity contribution is 0.0954. The molecule has 30 heavy (non-hydrogen) atoms. The first-order chi connectivity index (χ1) is 14.4. The van der Waals surface area contributed by atoms with Gasteiger partial charge in [0.1, 0.15) is 0 Å². The normalized spacial score (nSPS) is 11.4. The maximum Gasteiger partial charge on any atom is 0.251 e. The lowest BCUT2D eigenvalue weighted by atomic mass is 10.1. The number of benzene rings is 3. The van der Waals surface area contributed by atoms with E-state index in [4.69, 9.17) is 0 Å². The summed E-state index contributed by atoms with van der Waals surface area (Å²) in [6.07, 6.45) is 0.770. The first-order valence-electron chi connectivity index (χ1n) is 9.80. The van der Waals surface area contributed by atoms with Crippen molar-refractivity contribution >= 4 is 15.9 Å². The fourth-order valence-corrected chi connectivity index (χ4v) is 4.22. The van der Waals surface area contributed by atoms with Crippen molar-refractivity contribution in [3.8, 4) is 0 Å². The minimum atomic E-state index is -3.56. The molecule has 0 fully saturated rings. The number of carbonyl (C=O) groups is 1. The van der Waals surface area contributed by atoms with Gasteiger partial charge in [0.05, 0.1) is 4.90 Å². The van der Waals surface area contributed by atoms with Crippen LogP contribution in [0.15, 0.2) is 83.8 Å². The van der Waals surface area contributed by atoms with Gasteiger partial charge in [0.25, 0.3) is 5.91 Å². The molecular formula is C24H26N2O3S. The van der Waals surface area contributed by atoms with Gasteiger partial charge in [-0.25, -0.2) is 8.42 Å². The summed E-state index contributed by atoms with van der Waals surface area (Å²) in [6, 6.07) is 23.8. The third kappa shape index (κ3) is 5.55. The van der Waals surface area contributed by atoms with Crippen molar-refractivity contribution in [3.63, 3.8) is 0 Å². The van der Waals surface area contributed by atoms with Crippen molar-refractivity contribution in [1.82, 2.24) is 9.62 Å². The summed E-state index contributed by atoms with van der Waals surface area (Å²) in [6.45, 7) is 2.70. The quantitative estimate of drug-likeness (QED) is 0.601. The molecule has 0 aromatic heterocycles. The number of nitrogens with one attached hydrogen (secondary N) is 1. The van der Waals surface area contributed by atoms with E-state index in [2.05, 4.69) is 5.32 Å². The van der Waals surface area contributed by atoms with E-state index in [0.717, 1.165) is 17.5 Å². The molecule has 0 saturated heterocycles. The summed E-state index contributed by atoms with van der Waals surface area (Å²) in [5.74, 6) is -0.141. The van der Waals surface area contributed by atoms with Gasteiger partial charge in [0, 0.05) is 25.7 Å². The van der Waals surface area contributed by atoms with Crippen LogP contribution in [0.1, 0.15) is 27.0 Å². The molecule has 3 aromatic carbocycles. The summed E-state index contributed by atoms with van der Waals surface area (Å²) < 4.78 is 26.8. The molecule has 0 atom stereocenters. The smallest absolute Gasteiger partial charge is 0.251 e. The van der Waals surface area contributed by atoms with E-state index in [1.807, 2.05) is 37.3 Å². The molecule has 0 saturated carbocycles. The van der Waals surface area contributed by atoms with E-state index in [1.54, 1.807) is 55.6 Å². The molecule has 0 aliphatic heterocycles. The highest BCUT2D eigenvalue weighted by Gasteiger charge is 2.20. The molecule has 0 radical (unpaired) electrons. The second kappa shape index (κ2) is 9.69. The van der Waals surface area contributed by atoms with Crippen LogP contribution in [0.2, 0.25) is 0 Å². The predicted octanol–water partition coefficient (Wildman–Crippen LogP) is 3.79. The number of rotatable bonds is 8. The summed E-state index contributed by atoms with van der Waals surface area (Å²) in [5.41, 5.74) is 3.55. The van der Waals surface area contributed by atoms with Crippen LogP contribution < -0.4 is 5.32 Å². The van der Waals surface area contributed by atoms with E-state index in [-0.39, 0.29) is 17.3 Å². The Hall–Kier alpha value is -2.96. The monoisotopic (exact) mass is 422 g/mol. The van der Waals surface area contributed by atoms with Gasteiger partial charge in [0.15, 0.2) is 0 Å². The van der Waals surface area contributed by atoms with Crippen molar-refractivity contribution in [3.05, 3.63) is 101 Å². The molecule has 3 rings (SSSR count). The molecule has 6 heteroatoms. The number of amides is 1. The molecule has 156 valence electrons. The third-order valence-corrected chi connectivity index (χ3v) is 6.71. The highest BCUT2D eigenvalue weighted by atomic mass is 32.2. The lowest BCUT2D eigenvalue weighted by Gasteiger charge is -2.17. The number of sulfonamides is 1. The summed E-state index contributed by atoms with van der Waals surface area (Å²) in [7, 11) is -2.01. The van der Waals surface area contributed by atoms with Crippen LogP contribution in [0.25, 0.3) is 0 Å². The van der Waals surface area contributed by atoms with Crippen LogP contribution in [0, 0.1) is 6.92 Å². The Morgan fingerprint density at radius 1 is 0.867 bits per heavy atom. The zero-order valence-corrected chi connectivity index (χ0v) is 18.0. The fraction of sp³-hybridized carbons (Fsp3) is 0.208. The van der Waals surface area contributed by atoms with Gasteiger partial charge in [-0.15, -0.1) is 0 Å². The molecule has 0 aliphatic carbocycles. The molecule has 0 bridgehead atoms. The van der Waals surface area contributed by atoms with Gasteiger partial charge in [-0.1, -0.05) is 60.2 Å². The van der Waals surface area contributed by atoms with Crippen LogP contribution in [-0.4, -0.2) is 32.2 Å². The van der Waals surface area contributed by atoms with Crippen molar-refractivity contribution in [1.29, 1.82) is 0 Å². The molecule has 1 N–H and O–H groups in total. The predicted molar refractivity (Wildman–Crippen MR) is 119 cm³/mol. The zero-order valence-electron chi connectivity index (χ0n) is 17.2. The van der Waals surface area contributed by atoms with Gasteiger partial charge < -0.3 is 5.32 Å². The number of aryl methyl sites for hydroxylation is 1. The summed E-state index contributed by atoms with van der Waals surface area (Å²) in [4.78, 5) is 12.6.